The van der Waals surface area contributed by atoms with Gasteiger partial charge in [-0.05, 0) is 5.56 Å². The standard InChI is InChI=1S/C11H19N3OSi/c1-16(2,3)10-6-4-5-9(7-10)8-13-11(12)14-15/h4-7,15H,8H2,1-3H3,(H3,12,13,14). The normalized spacial score (nSPS) is 12.6. The number of guanidine groups is 1. The number of nitrogens with two attached hydrogens (primary N) is 1. The highest BCUT2D eigenvalue weighted by Gasteiger charge is 2.15. The lowest BCUT2D eigenvalue weighted by molar-refractivity contribution is 0.232. The molecular weight excluding hydrogens is 218 g/mol. The van der Waals surface area contributed by atoms with E-state index in [1.807, 2.05) is 17.6 Å². The molecule has 88 valence electrons. The molecule has 0 amide bonds. The molecule has 0 saturated heterocycles. The van der Waals surface area contributed by atoms with Crippen LogP contribution in [0.15, 0.2) is 29.3 Å². The van der Waals surface area contributed by atoms with Crippen LogP contribution in [0.5, 0.6) is 0 Å². The lowest BCUT2D eigenvalue weighted by Crippen LogP contribution is -2.37. The van der Waals surface area contributed by atoms with Crippen LogP contribution in [-0.4, -0.2) is 19.2 Å². The van der Waals surface area contributed by atoms with E-state index in [9.17, 15) is 0 Å². The number of hydroxylamine groups is 1. The molecule has 4 nitrogen and oxygen atoms in total. The van der Waals surface area contributed by atoms with E-state index in [0.29, 0.717) is 6.54 Å². The highest BCUT2D eigenvalue weighted by Crippen LogP contribution is 2.06. The van der Waals surface area contributed by atoms with Gasteiger partial charge in [-0.3, -0.25) is 5.21 Å². The maximum atomic E-state index is 8.50. The van der Waals surface area contributed by atoms with E-state index in [-0.39, 0.29) is 5.96 Å². The summed E-state index contributed by atoms with van der Waals surface area (Å²) in [6.45, 7) is 7.40. The van der Waals surface area contributed by atoms with E-state index >= 15 is 0 Å². The highest BCUT2D eigenvalue weighted by atomic mass is 28.3. The molecule has 1 rings (SSSR count). The lowest BCUT2D eigenvalue weighted by Gasteiger charge is -2.17. The third-order valence-corrected chi connectivity index (χ3v) is 4.38. The molecule has 1 aromatic rings. The van der Waals surface area contributed by atoms with Crippen LogP contribution in [0.1, 0.15) is 5.56 Å². The van der Waals surface area contributed by atoms with Crippen molar-refractivity contribution in [2.24, 2.45) is 10.7 Å². The number of aliphatic imine (C=N–C) groups is 1. The van der Waals surface area contributed by atoms with Gasteiger partial charge in [-0.1, -0.05) is 49.1 Å². The van der Waals surface area contributed by atoms with Gasteiger partial charge in [-0.15, -0.1) is 0 Å². The quantitative estimate of drug-likeness (QED) is 0.318. The van der Waals surface area contributed by atoms with Crippen molar-refractivity contribution >= 4 is 19.2 Å². The Morgan fingerprint density at radius 2 is 2.12 bits per heavy atom. The third kappa shape index (κ3) is 3.67. The van der Waals surface area contributed by atoms with Crippen LogP contribution < -0.4 is 16.4 Å². The minimum atomic E-state index is -1.27. The summed E-state index contributed by atoms with van der Waals surface area (Å²) in [6, 6.07) is 8.38. The monoisotopic (exact) mass is 237 g/mol. The molecule has 0 fully saturated rings. The van der Waals surface area contributed by atoms with Crippen LogP contribution in [0.4, 0.5) is 0 Å². The molecule has 0 aliphatic carbocycles. The van der Waals surface area contributed by atoms with Crippen molar-refractivity contribution in [3.8, 4) is 0 Å². The maximum Gasteiger partial charge on any atom is 0.213 e. The van der Waals surface area contributed by atoms with Gasteiger partial charge in [0.1, 0.15) is 0 Å². The Bertz CT molecular complexity index is 385. The second-order valence-corrected chi connectivity index (χ2v) is 9.84. The maximum absolute atomic E-state index is 8.50. The molecule has 0 heterocycles. The molecule has 0 radical (unpaired) electrons. The van der Waals surface area contributed by atoms with Crippen molar-refractivity contribution in [1.29, 1.82) is 0 Å². The second kappa shape index (κ2) is 5.13. The molecule has 1 aromatic carbocycles. The fourth-order valence-corrected chi connectivity index (χ4v) is 2.56. The summed E-state index contributed by atoms with van der Waals surface area (Å²) < 4.78 is 0. The fraction of sp³-hybridized carbons (Fsp3) is 0.364. The van der Waals surface area contributed by atoms with Gasteiger partial charge in [0.05, 0.1) is 14.6 Å². The fourth-order valence-electron chi connectivity index (χ4n) is 1.35. The number of nitrogens with zero attached hydrogens (tertiary/aromatic N) is 1. The molecule has 0 bridgehead atoms. The molecule has 0 aliphatic heterocycles. The van der Waals surface area contributed by atoms with Gasteiger partial charge in [-0.2, -0.15) is 0 Å². The SMILES string of the molecule is C[Si](C)(C)c1cccc(CN=C(N)NO)c1. The zero-order valence-corrected chi connectivity index (χ0v) is 11.0. The Morgan fingerprint density at radius 1 is 1.44 bits per heavy atom. The minimum Gasteiger partial charge on any atom is -0.368 e. The molecule has 0 unspecified atom stereocenters. The molecule has 0 aromatic heterocycles. The van der Waals surface area contributed by atoms with Crippen LogP contribution in [0.2, 0.25) is 19.6 Å². The Hall–Kier alpha value is -1.33. The van der Waals surface area contributed by atoms with Crippen LogP contribution >= 0.6 is 0 Å². The number of rotatable bonds is 3. The van der Waals surface area contributed by atoms with Gasteiger partial charge in [0.25, 0.3) is 0 Å². The highest BCUT2D eigenvalue weighted by molar-refractivity contribution is 6.88. The van der Waals surface area contributed by atoms with Crippen LogP contribution in [0, 0.1) is 0 Å². The average molecular weight is 237 g/mol. The van der Waals surface area contributed by atoms with E-state index in [0.717, 1.165) is 5.56 Å². The Balaban J connectivity index is 2.84. The largest absolute Gasteiger partial charge is 0.368 e. The second-order valence-electron chi connectivity index (χ2n) is 4.76. The molecule has 4 N–H and O–H groups in total. The molecular formula is C11H19N3OSi. The minimum absolute atomic E-state index is 0.0402. The van der Waals surface area contributed by atoms with Gasteiger partial charge in [0, 0.05) is 0 Å². The van der Waals surface area contributed by atoms with Crippen LogP contribution in [-0.2, 0) is 6.54 Å². The smallest absolute Gasteiger partial charge is 0.213 e. The molecule has 0 saturated carbocycles. The Kier molecular flexibility index (Phi) is 4.09. The predicted octanol–water partition coefficient (Wildman–Crippen LogP) is 1.03. The summed E-state index contributed by atoms with van der Waals surface area (Å²) in [5.74, 6) is 0.0402. The number of hydrogen-bond acceptors (Lipinski definition) is 2. The zero-order valence-electron chi connectivity index (χ0n) is 9.99. The molecule has 0 spiro atoms. The van der Waals surface area contributed by atoms with E-state index < -0.39 is 8.07 Å². The molecule has 0 atom stereocenters. The lowest BCUT2D eigenvalue weighted by atomic mass is 10.2. The van der Waals surface area contributed by atoms with E-state index in [1.54, 1.807) is 0 Å². The Morgan fingerprint density at radius 3 is 2.69 bits per heavy atom. The van der Waals surface area contributed by atoms with Crippen molar-refractivity contribution in [2.45, 2.75) is 26.2 Å². The van der Waals surface area contributed by atoms with Gasteiger partial charge in [-0.25, -0.2) is 10.5 Å². The first-order valence-electron chi connectivity index (χ1n) is 5.23. The van der Waals surface area contributed by atoms with Crippen LogP contribution in [0.25, 0.3) is 0 Å². The van der Waals surface area contributed by atoms with Crippen molar-refractivity contribution in [3.63, 3.8) is 0 Å². The van der Waals surface area contributed by atoms with Gasteiger partial charge in [0.2, 0.25) is 5.96 Å². The van der Waals surface area contributed by atoms with Crippen molar-refractivity contribution in [3.05, 3.63) is 29.8 Å². The summed E-state index contributed by atoms with van der Waals surface area (Å²) in [5.41, 5.74) is 8.27. The van der Waals surface area contributed by atoms with E-state index in [1.165, 1.54) is 5.19 Å². The zero-order chi connectivity index (χ0) is 12.2. The van der Waals surface area contributed by atoms with Crippen molar-refractivity contribution in [2.75, 3.05) is 0 Å². The topological polar surface area (TPSA) is 70.6 Å². The number of nitrogens with one attached hydrogen (secondary N) is 1. The summed E-state index contributed by atoms with van der Waals surface area (Å²) in [5, 5.41) is 9.90. The molecule has 0 aliphatic rings. The van der Waals surface area contributed by atoms with E-state index in [4.69, 9.17) is 10.9 Å². The number of benzene rings is 1. The third-order valence-electron chi connectivity index (χ3n) is 2.34. The summed E-state index contributed by atoms with van der Waals surface area (Å²) in [4.78, 5) is 3.98. The Labute approximate surface area is 97.2 Å². The molecule has 16 heavy (non-hydrogen) atoms. The average Bonchev–Trinajstić information content (AvgIpc) is 2.25. The first-order valence-corrected chi connectivity index (χ1v) is 8.73. The van der Waals surface area contributed by atoms with Crippen LogP contribution in [0.3, 0.4) is 0 Å². The summed E-state index contributed by atoms with van der Waals surface area (Å²) >= 11 is 0. The van der Waals surface area contributed by atoms with Crippen molar-refractivity contribution < 1.29 is 5.21 Å². The summed E-state index contributed by atoms with van der Waals surface area (Å²) in [7, 11) is -1.27. The predicted molar refractivity (Wildman–Crippen MR) is 69.7 cm³/mol. The van der Waals surface area contributed by atoms with Crippen molar-refractivity contribution in [1.82, 2.24) is 5.48 Å². The van der Waals surface area contributed by atoms with E-state index in [2.05, 4.69) is 36.8 Å². The first kappa shape index (κ1) is 12.7. The van der Waals surface area contributed by atoms with Gasteiger partial charge >= 0.3 is 0 Å². The van der Waals surface area contributed by atoms with Gasteiger partial charge < -0.3 is 5.73 Å². The van der Waals surface area contributed by atoms with Gasteiger partial charge in [0.15, 0.2) is 0 Å². The molecule has 5 heteroatoms. The summed E-state index contributed by atoms with van der Waals surface area (Å²) in [6.07, 6.45) is 0. The number of hydrogen-bond donors (Lipinski definition) is 3. The first-order chi connectivity index (χ1) is 7.43.